The maximum atomic E-state index is 4.20. The van der Waals surface area contributed by atoms with E-state index in [4.69, 9.17) is 0 Å². The maximum Gasteiger partial charge on any atom is 0.241 e. The predicted molar refractivity (Wildman–Crippen MR) is 57.3 cm³/mol. The van der Waals surface area contributed by atoms with Gasteiger partial charge in [0.25, 0.3) is 0 Å². The molecule has 0 amide bonds. The lowest BCUT2D eigenvalue weighted by Gasteiger charge is -2.21. The Morgan fingerprint density at radius 3 is 2.86 bits per heavy atom. The molecular weight excluding hydrogens is 218 g/mol. The van der Waals surface area contributed by atoms with Gasteiger partial charge in [-0.3, -0.25) is 4.99 Å². The van der Waals surface area contributed by atoms with Gasteiger partial charge in [-0.2, -0.15) is 0 Å². The molecule has 2 heterocycles. The summed E-state index contributed by atoms with van der Waals surface area (Å²) in [6, 6.07) is 0. The van der Waals surface area contributed by atoms with Gasteiger partial charge in [-0.1, -0.05) is 0 Å². The zero-order chi connectivity index (χ0) is 9.47. The SMILES string of the molecule is CN=C1N[N+]2=C(C)CCCC2(C)S1.[Cl-]. The van der Waals surface area contributed by atoms with Crippen molar-refractivity contribution in [3.8, 4) is 0 Å². The number of thioether (sulfide) groups is 1. The van der Waals surface area contributed by atoms with Crippen LogP contribution in [0.2, 0.25) is 0 Å². The molecule has 0 radical (unpaired) electrons. The van der Waals surface area contributed by atoms with Gasteiger partial charge in [0.05, 0.1) is 0 Å². The van der Waals surface area contributed by atoms with Crippen LogP contribution < -0.4 is 17.8 Å². The van der Waals surface area contributed by atoms with E-state index >= 15 is 0 Å². The summed E-state index contributed by atoms with van der Waals surface area (Å²) in [4.78, 5) is 4.41. The number of rotatable bonds is 0. The summed E-state index contributed by atoms with van der Waals surface area (Å²) in [5, 5.41) is 1.05. The molecule has 80 valence electrons. The van der Waals surface area contributed by atoms with Gasteiger partial charge in [0.1, 0.15) is 0 Å². The van der Waals surface area contributed by atoms with E-state index < -0.39 is 0 Å². The van der Waals surface area contributed by atoms with Crippen LogP contribution in [0.15, 0.2) is 4.99 Å². The highest BCUT2D eigenvalue weighted by molar-refractivity contribution is 8.15. The number of hydrazine groups is 1. The fourth-order valence-electron chi connectivity index (χ4n) is 2.03. The monoisotopic (exact) mass is 233 g/mol. The van der Waals surface area contributed by atoms with Crippen molar-refractivity contribution in [3.05, 3.63) is 0 Å². The number of nitrogens with zero attached hydrogens (tertiary/aromatic N) is 2. The van der Waals surface area contributed by atoms with Crippen molar-refractivity contribution in [3.63, 3.8) is 0 Å². The first-order valence-electron chi connectivity index (χ1n) is 4.71. The molecule has 0 aromatic rings. The largest absolute Gasteiger partial charge is 1.00 e. The summed E-state index contributed by atoms with van der Waals surface area (Å²) >= 11 is 1.84. The number of nitrogens with one attached hydrogen (secondary N) is 1. The van der Waals surface area contributed by atoms with Crippen molar-refractivity contribution >= 4 is 22.6 Å². The molecule has 1 unspecified atom stereocenters. The van der Waals surface area contributed by atoms with Gasteiger partial charge in [0, 0.05) is 33.7 Å². The fourth-order valence-corrected chi connectivity index (χ4v) is 3.22. The summed E-state index contributed by atoms with van der Waals surface area (Å²) < 4.78 is 2.28. The Hall–Kier alpha value is -0.220. The third-order valence-electron chi connectivity index (χ3n) is 2.76. The first kappa shape index (κ1) is 11.9. The molecule has 0 spiro atoms. The third-order valence-corrected chi connectivity index (χ3v) is 4.05. The molecule has 14 heavy (non-hydrogen) atoms. The first-order valence-corrected chi connectivity index (χ1v) is 5.52. The second kappa shape index (κ2) is 4.11. The molecule has 1 N–H and O–H groups in total. The molecule has 1 fully saturated rings. The maximum absolute atomic E-state index is 4.20. The van der Waals surface area contributed by atoms with Crippen LogP contribution in [0.1, 0.15) is 33.1 Å². The van der Waals surface area contributed by atoms with E-state index in [0.29, 0.717) is 0 Å². The number of aliphatic imine (C=N–C) groups is 1. The van der Waals surface area contributed by atoms with Crippen LogP contribution in [0.3, 0.4) is 0 Å². The second-order valence-corrected chi connectivity index (χ2v) is 5.31. The zero-order valence-corrected chi connectivity index (χ0v) is 10.4. The highest BCUT2D eigenvalue weighted by Crippen LogP contribution is 2.38. The minimum absolute atomic E-state index is 0. The van der Waals surface area contributed by atoms with Gasteiger partial charge in [0.2, 0.25) is 10.0 Å². The highest BCUT2D eigenvalue weighted by atomic mass is 35.5. The van der Waals surface area contributed by atoms with Crippen molar-refractivity contribution < 1.29 is 17.1 Å². The smallest absolute Gasteiger partial charge is 0.241 e. The standard InChI is InChI=1S/C9H16N3S.ClH/c1-7-5-4-6-9(2)12(7)11-8(10-3)13-9;/h4-6H2,1-3H3,(H,10,11);1H/q+1;/p-1. The number of amidine groups is 1. The molecule has 1 atom stereocenters. The van der Waals surface area contributed by atoms with Crippen molar-refractivity contribution in [2.75, 3.05) is 7.05 Å². The summed E-state index contributed by atoms with van der Waals surface area (Å²) in [5.74, 6) is 0. The Bertz CT molecular complexity index is 300. The van der Waals surface area contributed by atoms with Gasteiger partial charge in [-0.25, -0.2) is 0 Å². The number of hydrogen-bond acceptors (Lipinski definition) is 2. The van der Waals surface area contributed by atoms with Crippen LogP contribution in [0, 0.1) is 0 Å². The minimum atomic E-state index is 0. The average Bonchev–Trinajstić information content (AvgIpc) is 2.43. The molecular formula is C9H16ClN3S. The molecule has 0 aliphatic carbocycles. The quantitative estimate of drug-likeness (QED) is 0.522. The van der Waals surface area contributed by atoms with E-state index in [1.165, 1.54) is 25.0 Å². The second-order valence-electron chi connectivity index (χ2n) is 3.84. The Morgan fingerprint density at radius 1 is 1.57 bits per heavy atom. The summed E-state index contributed by atoms with van der Waals surface area (Å²) in [6.07, 6.45) is 3.74. The molecule has 2 aliphatic rings. The lowest BCUT2D eigenvalue weighted by Crippen LogP contribution is -3.00. The van der Waals surface area contributed by atoms with Crippen LogP contribution in [-0.4, -0.2) is 27.5 Å². The first-order chi connectivity index (χ1) is 6.15. The summed E-state index contributed by atoms with van der Waals surface area (Å²) in [6.45, 7) is 4.48. The lowest BCUT2D eigenvalue weighted by atomic mass is 10.0. The van der Waals surface area contributed by atoms with Crippen molar-refractivity contribution in [1.82, 2.24) is 5.43 Å². The lowest BCUT2D eigenvalue weighted by molar-refractivity contribution is -0.616. The molecule has 3 nitrogen and oxygen atoms in total. The van der Waals surface area contributed by atoms with Gasteiger partial charge in [-0.05, 0) is 18.2 Å². The average molecular weight is 234 g/mol. The number of hydrazone groups is 1. The van der Waals surface area contributed by atoms with E-state index in [1.54, 1.807) is 0 Å². The number of halogens is 1. The Labute approximate surface area is 95.4 Å². The summed E-state index contributed by atoms with van der Waals surface area (Å²) in [5.41, 5.74) is 4.77. The number of fused-ring (bicyclic) bond motifs is 1. The van der Waals surface area contributed by atoms with Crippen LogP contribution in [0.25, 0.3) is 0 Å². The topological polar surface area (TPSA) is 27.4 Å². The molecule has 5 heteroatoms. The normalized spacial score (nSPS) is 33.8. The molecule has 0 bridgehead atoms. The molecule has 0 aromatic carbocycles. The van der Waals surface area contributed by atoms with E-state index in [9.17, 15) is 0 Å². The summed E-state index contributed by atoms with van der Waals surface area (Å²) in [7, 11) is 1.84. The van der Waals surface area contributed by atoms with Gasteiger partial charge >= 0.3 is 0 Å². The molecule has 2 aliphatic heterocycles. The van der Waals surface area contributed by atoms with Crippen LogP contribution in [-0.2, 0) is 0 Å². The third kappa shape index (κ3) is 1.77. The van der Waals surface area contributed by atoms with Crippen LogP contribution in [0.4, 0.5) is 0 Å². The van der Waals surface area contributed by atoms with E-state index in [1.807, 2.05) is 18.8 Å². The Morgan fingerprint density at radius 2 is 2.29 bits per heavy atom. The fraction of sp³-hybridized carbons (Fsp3) is 0.778. The molecule has 0 aromatic heterocycles. The highest BCUT2D eigenvalue weighted by Gasteiger charge is 2.49. The molecule has 2 rings (SSSR count). The zero-order valence-electron chi connectivity index (χ0n) is 8.80. The molecule has 1 saturated heterocycles. The van der Waals surface area contributed by atoms with Crippen molar-refractivity contribution in [2.24, 2.45) is 4.99 Å². The van der Waals surface area contributed by atoms with Crippen LogP contribution in [0.5, 0.6) is 0 Å². The van der Waals surface area contributed by atoms with Gasteiger partial charge in [-0.15, -0.1) is 10.1 Å². The van der Waals surface area contributed by atoms with E-state index in [-0.39, 0.29) is 17.3 Å². The van der Waals surface area contributed by atoms with Crippen molar-refractivity contribution in [1.29, 1.82) is 0 Å². The van der Waals surface area contributed by atoms with Gasteiger partial charge in [0.15, 0.2) is 5.71 Å². The van der Waals surface area contributed by atoms with E-state index in [0.717, 1.165) is 5.17 Å². The van der Waals surface area contributed by atoms with E-state index in [2.05, 4.69) is 29.0 Å². The predicted octanol–water partition coefficient (Wildman–Crippen LogP) is -1.40. The Kier molecular flexibility index (Phi) is 3.48. The van der Waals surface area contributed by atoms with Crippen LogP contribution >= 0.6 is 11.8 Å². The number of hydrogen-bond donors (Lipinski definition) is 1. The molecule has 0 saturated carbocycles. The van der Waals surface area contributed by atoms with Crippen molar-refractivity contribution in [2.45, 2.75) is 38.0 Å². The Balaban J connectivity index is 0.000000980. The van der Waals surface area contributed by atoms with Gasteiger partial charge < -0.3 is 12.4 Å². The minimum Gasteiger partial charge on any atom is -1.00 e.